The second kappa shape index (κ2) is 9.49. The molecule has 0 unspecified atom stereocenters. The average molecular weight is 470 g/mol. The Bertz CT molecular complexity index is 1450. The molecule has 2 aromatic carbocycles. The first-order valence-corrected chi connectivity index (χ1v) is 12.3. The highest BCUT2D eigenvalue weighted by molar-refractivity contribution is 5.97. The largest absolute Gasteiger partial charge is 0.337 e. The number of aryl methyl sites for hydroxylation is 2. The molecule has 0 spiro atoms. The number of carbonyl (C=O) groups is 1. The highest BCUT2D eigenvalue weighted by Gasteiger charge is 2.20. The van der Waals surface area contributed by atoms with Crippen LogP contribution in [0.3, 0.4) is 0 Å². The predicted molar refractivity (Wildman–Crippen MR) is 137 cm³/mol. The van der Waals surface area contributed by atoms with Crippen LogP contribution in [-0.4, -0.2) is 37.2 Å². The topological polar surface area (TPSA) is 73.0 Å². The molecular formula is C28H31N5O2. The van der Waals surface area contributed by atoms with Crippen molar-refractivity contribution in [3.63, 3.8) is 0 Å². The predicted octanol–water partition coefficient (Wildman–Crippen LogP) is 4.59. The molecule has 0 fully saturated rings. The zero-order valence-corrected chi connectivity index (χ0v) is 20.6. The van der Waals surface area contributed by atoms with Crippen molar-refractivity contribution in [3.05, 3.63) is 87.2 Å². The zero-order chi connectivity index (χ0) is 24.5. The van der Waals surface area contributed by atoms with E-state index in [0.717, 1.165) is 67.1 Å². The van der Waals surface area contributed by atoms with Crippen molar-refractivity contribution in [2.24, 2.45) is 0 Å². The summed E-state index contributed by atoms with van der Waals surface area (Å²) in [5.74, 6) is 0.728. The van der Waals surface area contributed by atoms with Gasteiger partial charge in [-0.3, -0.25) is 14.2 Å². The van der Waals surface area contributed by atoms with Crippen molar-refractivity contribution in [1.29, 1.82) is 0 Å². The lowest BCUT2D eigenvalue weighted by Crippen LogP contribution is -2.28. The van der Waals surface area contributed by atoms with Crippen LogP contribution in [0.2, 0.25) is 0 Å². The number of aromatic nitrogens is 4. The highest BCUT2D eigenvalue weighted by atomic mass is 16.2. The van der Waals surface area contributed by atoms with Gasteiger partial charge in [0.2, 0.25) is 0 Å². The molecule has 0 atom stereocenters. The van der Waals surface area contributed by atoms with Crippen molar-refractivity contribution >= 4 is 16.8 Å². The van der Waals surface area contributed by atoms with Gasteiger partial charge in [-0.15, -0.1) is 0 Å². The maximum absolute atomic E-state index is 13.4. The molecular weight excluding hydrogens is 438 g/mol. The summed E-state index contributed by atoms with van der Waals surface area (Å²) in [5.41, 5.74) is 5.08. The summed E-state index contributed by atoms with van der Waals surface area (Å²) in [5, 5.41) is 5.28. The molecule has 7 heteroatoms. The van der Waals surface area contributed by atoms with E-state index in [-0.39, 0.29) is 11.5 Å². The van der Waals surface area contributed by atoms with E-state index in [2.05, 4.69) is 0 Å². The summed E-state index contributed by atoms with van der Waals surface area (Å²) < 4.78 is 3.75. The van der Waals surface area contributed by atoms with E-state index in [1.165, 1.54) is 0 Å². The lowest BCUT2D eigenvalue weighted by molar-refractivity contribution is 0.0785. The first-order chi connectivity index (χ1) is 16.9. The molecule has 1 aliphatic heterocycles. The first kappa shape index (κ1) is 23.0. The van der Waals surface area contributed by atoms with Crippen LogP contribution in [0.5, 0.6) is 0 Å². The third kappa shape index (κ3) is 4.38. The minimum Gasteiger partial charge on any atom is -0.337 e. The Kier molecular flexibility index (Phi) is 6.24. The van der Waals surface area contributed by atoms with Crippen LogP contribution in [0.25, 0.3) is 16.6 Å². The molecule has 0 bridgehead atoms. The van der Waals surface area contributed by atoms with Gasteiger partial charge in [-0.25, -0.2) is 9.67 Å². The Morgan fingerprint density at radius 3 is 2.60 bits per heavy atom. The van der Waals surface area contributed by atoms with Crippen LogP contribution in [0, 0.1) is 13.8 Å². The Labute approximate surface area is 205 Å². The quantitative estimate of drug-likeness (QED) is 0.438. The Balaban J connectivity index is 1.43. The summed E-state index contributed by atoms with van der Waals surface area (Å²) in [4.78, 5) is 33.0. The van der Waals surface area contributed by atoms with Gasteiger partial charge in [0.1, 0.15) is 5.82 Å². The standard InChI is InChI=1S/C28H31N5O2/c1-19-24(20(2)33(30-19)22-11-7-6-8-12-22)18-31(3)27(34)21-14-15-23-25(17-21)29-26-13-9-4-5-10-16-32(26)28(23)35/h6-8,11-12,14-15,17H,4-5,9-10,13,16,18H2,1-3H3. The summed E-state index contributed by atoms with van der Waals surface area (Å²) in [6.07, 6.45) is 5.15. The van der Waals surface area contributed by atoms with E-state index >= 15 is 0 Å². The lowest BCUT2D eigenvalue weighted by atomic mass is 10.1. The number of amides is 1. The van der Waals surface area contributed by atoms with E-state index in [9.17, 15) is 9.59 Å². The fourth-order valence-electron chi connectivity index (χ4n) is 4.98. The van der Waals surface area contributed by atoms with Gasteiger partial charge >= 0.3 is 0 Å². The molecule has 0 N–H and O–H groups in total. The number of benzene rings is 2. The molecule has 5 rings (SSSR count). The zero-order valence-electron chi connectivity index (χ0n) is 20.6. The third-order valence-electron chi connectivity index (χ3n) is 7.00. The normalized spacial score (nSPS) is 13.8. The minimum atomic E-state index is -0.105. The Morgan fingerprint density at radius 2 is 1.80 bits per heavy atom. The molecule has 1 amide bonds. The van der Waals surface area contributed by atoms with Gasteiger partial charge in [-0.1, -0.05) is 31.0 Å². The number of hydrogen-bond donors (Lipinski definition) is 0. The summed E-state index contributed by atoms with van der Waals surface area (Å²) >= 11 is 0. The van der Waals surface area contributed by atoms with E-state index < -0.39 is 0 Å². The molecule has 35 heavy (non-hydrogen) atoms. The van der Waals surface area contributed by atoms with E-state index in [1.54, 1.807) is 30.1 Å². The first-order valence-electron chi connectivity index (χ1n) is 12.3. The molecule has 7 nitrogen and oxygen atoms in total. The number of fused-ring (bicyclic) bond motifs is 2. The number of rotatable bonds is 4. The van der Waals surface area contributed by atoms with Crippen molar-refractivity contribution in [3.8, 4) is 5.69 Å². The van der Waals surface area contributed by atoms with Crippen LogP contribution in [0.15, 0.2) is 53.3 Å². The van der Waals surface area contributed by atoms with Crippen molar-refractivity contribution < 1.29 is 4.79 Å². The molecule has 180 valence electrons. The molecule has 1 aliphatic rings. The number of para-hydroxylation sites is 1. The molecule has 0 saturated heterocycles. The van der Waals surface area contributed by atoms with Gasteiger partial charge in [-0.2, -0.15) is 5.10 Å². The Morgan fingerprint density at radius 1 is 1.03 bits per heavy atom. The summed E-state index contributed by atoms with van der Waals surface area (Å²) in [6.45, 7) is 5.17. The number of hydrogen-bond acceptors (Lipinski definition) is 4. The van der Waals surface area contributed by atoms with E-state index in [0.29, 0.717) is 23.0 Å². The molecule has 0 saturated carbocycles. The second-order valence-electron chi connectivity index (χ2n) is 9.44. The van der Waals surface area contributed by atoms with Crippen molar-refractivity contribution in [2.45, 2.75) is 59.0 Å². The Hall–Kier alpha value is -3.74. The minimum absolute atomic E-state index is 0.00108. The highest BCUT2D eigenvalue weighted by Crippen LogP contribution is 2.21. The van der Waals surface area contributed by atoms with Crippen molar-refractivity contribution in [2.75, 3.05) is 7.05 Å². The van der Waals surface area contributed by atoms with Gasteiger partial charge in [0.15, 0.2) is 0 Å². The maximum Gasteiger partial charge on any atom is 0.261 e. The van der Waals surface area contributed by atoms with E-state index in [4.69, 9.17) is 10.1 Å². The monoisotopic (exact) mass is 469 g/mol. The van der Waals surface area contributed by atoms with Crippen LogP contribution < -0.4 is 5.56 Å². The van der Waals surface area contributed by atoms with Gasteiger partial charge < -0.3 is 4.90 Å². The molecule has 0 aliphatic carbocycles. The fourth-order valence-corrected chi connectivity index (χ4v) is 4.98. The molecule has 0 radical (unpaired) electrons. The molecule has 2 aromatic heterocycles. The lowest BCUT2D eigenvalue weighted by Gasteiger charge is -2.19. The molecule has 4 aromatic rings. The summed E-state index contributed by atoms with van der Waals surface area (Å²) in [7, 11) is 1.80. The van der Waals surface area contributed by atoms with Gasteiger partial charge in [-0.05, 0) is 57.0 Å². The number of nitrogens with zero attached hydrogens (tertiary/aromatic N) is 5. The van der Waals surface area contributed by atoms with Crippen LogP contribution >= 0.6 is 0 Å². The van der Waals surface area contributed by atoms with Gasteiger partial charge in [0, 0.05) is 43.4 Å². The summed E-state index contributed by atoms with van der Waals surface area (Å²) in [6, 6.07) is 15.3. The third-order valence-corrected chi connectivity index (χ3v) is 7.00. The van der Waals surface area contributed by atoms with E-state index in [1.807, 2.05) is 53.4 Å². The van der Waals surface area contributed by atoms with Crippen LogP contribution in [0.4, 0.5) is 0 Å². The average Bonchev–Trinajstić information content (AvgIpc) is 3.13. The SMILES string of the molecule is Cc1nn(-c2ccccc2)c(C)c1CN(C)C(=O)c1ccc2c(=O)n3c(nc2c1)CCCCCC3. The van der Waals surface area contributed by atoms with Crippen LogP contribution in [0.1, 0.15) is 58.8 Å². The van der Waals surface area contributed by atoms with Gasteiger partial charge in [0.25, 0.3) is 11.5 Å². The smallest absolute Gasteiger partial charge is 0.261 e. The van der Waals surface area contributed by atoms with Crippen LogP contribution in [-0.2, 0) is 19.5 Å². The fraction of sp³-hybridized carbons (Fsp3) is 0.357. The maximum atomic E-state index is 13.4. The molecule has 3 heterocycles. The second-order valence-corrected chi connectivity index (χ2v) is 9.44. The van der Waals surface area contributed by atoms with Gasteiger partial charge in [0.05, 0.1) is 22.3 Å². The number of carbonyl (C=O) groups excluding carboxylic acids is 1. The van der Waals surface area contributed by atoms with Crippen molar-refractivity contribution in [1.82, 2.24) is 24.2 Å².